The number of fused-ring (bicyclic) bond motifs is 1. The third-order valence-electron chi connectivity index (χ3n) is 6.92. The molecule has 1 aromatic heterocycles. The molecule has 8 nitrogen and oxygen atoms in total. The Morgan fingerprint density at radius 1 is 1.08 bits per heavy atom. The molecule has 2 amide bonds. The summed E-state index contributed by atoms with van der Waals surface area (Å²) in [6.07, 6.45) is 3.12. The summed E-state index contributed by atoms with van der Waals surface area (Å²) in [6.45, 7) is 3.52. The number of carbonyl (C=O) groups excluding carboxylic acids is 2. The van der Waals surface area contributed by atoms with Crippen LogP contribution in [-0.2, 0) is 14.6 Å². The number of hydrogen-bond donors (Lipinski definition) is 3. The number of aromatic amines is 1. The molecular weight excluding hydrogens is 514 g/mol. The number of aromatic nitrogens is 1. The number of amides is 2. The summed E-state index contributed by atoms with van der Waals surface area (Å²) in [7, 11) is -2.96. The fraction of sp³-hybridized carbons (Fsp3) is 0.259. The number of hydrogen-bond acceptors (Lipinski definition) is 5. The molecule has 38 heavy (non-hydrogen) atoms. The van der Waals surface area contributed by atoms with E-state index >= 15 is 0 Å². The zero-order chi connectivity index (χ0) is 27.0. The van der Waals surface area contributed by atoms with Crippen LogP contribution >= 0.6 is 0 Å². The normalized spacial score (nSPS) is 17.9. The van der Waals surface area contributed by atoms with Crippen LogP contribution in [0.4, 0.5) is 14.5 Å². The number of anilines is 1. The molecule has 2 aromatic carbocycles. The lowest BCUT2D eigenvalue weighted by Gasteiger charge is -2.26. The van der Waals surface area contributed by atoms with Crippen molar-refractivity contribution in [2.24, 2.45) is 0 Å². The molecule has 2 aliphatic rings. The van der Waals surface area contributed by atoms with Crippen LogP contribution in [0.2, 0.25) is 0 Å². The third kappa shape index (κ3) is 4.99. The molecule has 0 spiro atoms. The predicted octanol–water partition coefficient (Wildman–Crippen LogP) is 3.22. The highest BCUT2D eigenvalue weighted by Gasteiger charge is 2.30. The maximum atomic E-state index is 14.6. The predicted molar refractivity (Wildman–Crippen MR) is 141 cm³/mol. The summed E-state index contributed by atoms with van der Waals surface area (Å²) in [5, 5.41) is 5.59. The fourth-order valence-electron chi connectivity index (χ4n) is 4.79. The number of halogens is 2. The topological polar surface area (TPSA) is 111 Å². The molecule has 0 radical (unpaired) electrons. The molecule has 1 fully saturated rings. The van der Waals surface area contributed by atoms with Gasteiger partial charge in [-0.2, -0.15) is 0 Å². The van der Waals surface area contributed by atoms with Crippen LogP contribution in [0.3, 0.4) is 0 Å². The molecule has 0 aliphatic carbocycles. The Balaban J connectivity index is 1.37. The maximum Gasteiger partial charge on any atom is 0.256 e. The molecule has 198 valence electrons. The van der Waals surface area contributed by atoms with Crippen LogP contribution in [0.25, 0.3) is 22.8 Å². The summed E-state index contributed by atoms with van der Waals surface area (Å²) < 4.78 is 52.4. The quantitative estimate of drug-likeness (QED) is 0.416. The molecule has 0 saturated carbocycles. The van der Waals surface area contributed by atoms with E-state index in [0.717, 1.165) is 0 Å². The van der Waals surface area contributed by atoms with Gasteiger partial charge in [0, 0.05) is 49.3 Å². The molecule has 2 aliphatic heterocycles. The second-order valence-corrected chi connectivity index (χ2v) is 11.6. The summed E-state index contributed by atoms with van der Waals surface area (Å²) in [5.74, 6) is -1.96. The molecule has 0 bridgehead atoms. The van der Waals surface area contributed by atoms with Crippen LogP contribution in [-0.4, -0.2) is 67.8 Å². The zero-order valence-corrected chi connectivity index (χ0v) is 21.4. The number of nitrogens with zero attached hydrogens (tertiary/aromatic N) is 1. The molecule has 3 N–H and O–H groups in total. The van der Waals surface area contributed by atoms with Gasteiger partial charge in [-0.15, -0.1) is 0 Å². The van der Waals surface area contributed by atoms with Crippen LogP contribution < -0.4 is 10.6 Å². The van der Waals surface area contributed by atoms with Crippen molar-refractivity contribution in [3.05, 3.63) is 76.6 Å². The molecule has 3 heterocycles. The molecule has 5 rings (SSSR count). The van der Waals surface area contributed by atoms with E-state index in [0.29, 0.717) is 54.3 Å². The van der Waals surface area contributed by atoms with E-state index in [1.165, 1.54) is 18.2 Å². The van der Waals surface area contributed by atoms with Gasteiger partial charge in [-0.3, -0.25) is 14.5 Å². The van der Waals surface area contributed by atoms with Gasteiger partial charge in [0.25, 0.3) is 11.8 Å². The van der Waals surface area contributed by atoms with Crippen molar-refractivity contribution < 1.29 is 26.8 Å². The van der Waals surface area contributed by atoms with E-state index in [4.69, 9.17) is 0 Å². The lowest BCUT2D eigenvalue weighted by Crippen LogP contribution is -2.43. The molecular formula is C27H26F2N4O4S. The molecule has 1 saturated heterocycles. The Bertz CT molecular complexity index is 1550. The number of H-pyrrole nitrogens is 1. The highest BCUT2D eigenvalue weighted by atomic mass is 32.2. The van der Waals surface area contributed by atoms with Gasteiger partial charge in [-0.1, -0.05) is 18.2 Å². The highest BCUT2D eigenvalue weighted by molar-refractivity contribution is 7.91. The Kier molecular flexibility index (Phi) is 6.89. The van der Waals surface area contributed by atoms with Crippen molar-refractivity contribution in [3.63, 3.8) is 0 Å². The van der Waals surface area contributed by atoms with Gasteiger partial charge >= 0.3 is 0 Å². The Morgan fingerprint density at radius 2 is 1.76 bits per heavy atom. The van der Waals surface area contributed by atoms with Crippen molar-refractivity contribution in [2.75, 3.05) is 43.0 Å². The van der Waals surface area contributed by atoms with Gasteiger partial charge in [0.1, 0.15) is 11.6 Å². The van der Waals surface area contributed by atoms with Gasteiger partial charge in [0.05, 0.1) is 28.2 Å². The second kappa shape index (κ2) is 10.1. The number of nitrogens with one attached hydrogen (secondary N) is 3. The minimum atomic E-state index is -2.96. The molecule has 3 aromatic rings. The lowest BCUT2D eigenvalue weighted by molar-refractivity contribution is -0.110. The van der Waals surface area contributed by atoms with Gasteiger partial charge < -0.3 is 15.6 Å². The Hall–Kier alpha value is -3.83. The van der Waals surface area contributed by atoms with Crippen LogP contribution in [0.1, 0.15) is 27.2 Å². The van der Waals surface area contributed by atoms with Gasteiger partial charge in [0.2, 0.25) is 0 Å². The monoisotopic (exact) mass is 540 g/mol. The summed E-state index contributed by atoms with van der Waals surface area (Å²) in [5.41, 5.74) is 2.57. The number of benzene rings is 2. The minimum Gasteiger partial charge on any atom is -0.361 e. The van der Waals surface area contributed by atoms with Crippen molar-refractivity contribution in [1.82, 2.24) is 15.2 Å². The van der Waals surface area contributed by atoms with Gasteiger partial charge in [-0.25, -0.2) is 17.2 Å². The first-order chi connectivity index (χ1) is 18.1. The Morgan fingerprint density at radius 3 is 2.47 bits per heavy atom. The highest BCUT2D eigenvalue weighted by Crippen LogP contribution is 2.42. The summed E-state index contributed by atoms with van der Waals surface area (Å²) in [4.78, 5) is 30.7. The molecule has 0 atom stereocenters. The third-order valence-corrected chi connectivity index (χ3v) is 8.53. The van der Waals surface area contributed by atoms with Crippen molar-refractivity contribution >= 4 is 39.0 Å². The Labute approximate surface area is 218 Å². The maximum absolute atomic E-state index is 14.6. The SMILES string of the molecule is Cc1c(C(=O)NCCN2CCS(=O)(=O)CC2)c[nH]c1/C=C1\C(=O)Nc2cccc(-c3c(F)cccc3F)c21. The van der Waals surface area contributed by atoms with Crippen LogP contribution in [0.5, 0.6) is 0 Å². The average molecular weight is 541 g/mol. The van der Waals surface area contributed by atoms with Crippen LogP contribution in [0, 0.1) is 18.6 Å². The average Bonchev–Trinajstić information content (AvgIpc) is 3.39. The summed E-state index contributed by atoms with van der Waals surface area (Å²) in [6, 6.07) is 8.45. The summed E-state index contributed by atoms with van der Waals surface area (Å²) >= 11 is 0. The van der Waals surface area contributed by atoms with E-state index in [1.54, 1.807) is 37.4 Å². The van der Waals surface area contributed by atoms with Gasteiger partial charge in [-0.05, 0) is 42.3 Å². The van der Waals surface area contributed by atoms with E-state index in [1.807, 2.05) is 4.90 Å². The number of rotatable bonds is 6. The first-order valence-corrected chi connectivity index (χ1v) is 14.0. The van der Waals surface area contributed by atoms with E-state index in [-0.39, 0.29) is 34.1 Å². The zero-order valence-electron chi connectivity index (χ0n) is 20.6. The standard InChI is InChI=1S/C27H26F2N4O4S/c1-16-19(26(34)30-8-9-33-10-12-38(36,37)13-11-33)15-31-23(16)14-18-24-17(4-2-7-22(24)32-27(18)35)25-20(28)5-3-6-21(25)29/h2-7,14-15,31H,8-13H2,1H3,(H,30,34)(H,32,35)/b18-14-. The lowest BCUT2D eigenvalue weighted by atomic mass is 9.93. The molecule has 11 heteroatoms. The van der Waals surface area contributed by atoms with Crippen molar-refractivity contribution in [3.8, 4) is 11.1 Å². The van der Waals surface area contributed by atoms with Crippen molar-refractivity contribution in [2.45, 2.75) is 6.92 Å². The van der Waals surface area contributed by atoms with Crippen molar-refractivity contribution in [1.29, 1.82) is 0 Å². The van der Waals surface area contributed by atoms with E-state index in [9.17, 15) is 26.8 Å². The smallest absolute Gasteiger partial charge is 0.256 e. The number of carbonyl (C=O) groups is 2. The first-order valence-electron chi connectivity index (χ1n) is 12.1. The molecule has 0 unspecified atom stereocenters. The largest absolute Gasteiger partial charge is 0.361 e. The minimum absolute atomic E-state index is 0.123. The first kappa shape index (κ1) is 25.8. The number of sulfone groups is 1. The fourth-order valence-corrected chi connectivity index (χ4v) is 6.07. The van der Waals surface area contributed by atoms with Crippen LogP contribution in [0.15, 0.2) is 42.6 Å². The van der Waals surface area contributed by atoms with E-state index < -0.39 is 27.4 Å². The van der Waals surface area contributed by atoms with E-state index in [2.05, 4.69) is 15.6 Å². The second-order valence-electron chi connectivity index (χ2n) is 9.33. The van der Waals surface area contributed by atoms with Gasteiger partial charge in [0.15, 0.2) is 9.84 Å².